The van der Waals surface area contributed by atoms with Gasteiger partial charge in [0.1, 0.15) is 34.8 Å². The Morgan fingerprint density at radius 1 is 1.30 bits per heavy atom. The van der Waals surface area contributed by atoms with E-state index in [1.807, 2.05) is 0 Å². The number of hydrogen-bond acceptors (Lipinski definition) is 13. The SMILES string of the molecule is CCON=C(C(=O)NC1C(=O)N2CC(CSc3nc(N)cc(N)[n+]3-c3ccc(Cl)cc3)(C(=O)O)CS[C@H]12)c1csc(N)n1. The van der Waals surface area contributed by atoms with E-state index >= 15 is 0 Å². The number of benzene rings is 1. The molecule has 18 heteroatoms. The average Bonchev–Trinajstić information content (AvgIpc) is 3.40. The standard InChI is InChI=1S/C25H26ClN9O5S3/c1-2-40-33-17(14-8-41-23(29)30-14)19(36)32-18-20(37)34-9-25(22(38)39,10-42-21(18)34)11-43-24-31-15(27)7-16(28)35(24)13-5-3-12(26)4-6-13/h3-8,18,21H,2,9-11H2,1H3,(H7,27,28,29,30,32,36,38,39)/p+1/t18?,21-,25?/m1/s1. The van der Waals surface area contributed by atoms with Crippen LogP contribution < -0.4 is 27.1 Å². The lowest BCUT2D eigenvalue weighted by atomic mass is 9.89. The van der Waals surface area contributed by atoms with E-state index < -0.39 is 34.6 Å². The molecule has 0 radical (unpaired) electrons. The quantitative estimate of drug-likeness (QED) is 0.0516. The molecule has 8 N–H and O–H groups in total. The summed E-state index contributed by atoms with van der Waals surface area (Å²) in [6.45, 7) is 1.87. The van der Waals surface area contributed by atoms with E-state index in [1.165, 1.54) is 34.5 Å². The third-order valence-electron chi connectivity index (χ3n) is 6.68. The van der Waals surface area contributed by atoms with Gasteiger partial charge >= 0.3 is 11.1 Å². The maximum atomic E-state index is 13.2. The average molecular weight is 665 g/mol. The van der Waals surface area contributed by atoms with E-state index in [0.29, 0.717) is 21.7 Å². The number of aliphatic carboxylic acids is 1. The number of thioether (sulfide) groups is 2. The van der Waals surface area contributed by atoms with Crippen LogP contribution in [-0.2, 0) is 19.2 Å². The number of carboxylic acid groups (broad SMARTS) is 1. The maximum absolute atomic E-state index is 13.2. The van der Waals surface area contributed by atoms with E-state index in [0.717, 1.165) is 11.3 Å². The molecule has 2 amide bonds. The summed E-state index contributed by atoms with van der Waals surface area (Å²) in [5.74, 6) is -1.38. The number of aromatic nitrogens is 3. The molecule has 2 aliphatic heterocycles. The third kappa shape index (κ3) is 6.15. The fourth-order valence-electron chi connectivity index (χ4n) is 4.51. The molecule has 0 saturated carbocycles. The number of nitrogens with one attached hydrogen (secondary N) is 1. The predicted octanol–water partition coefficient (Wildman–Crippen LogP) is 1.22. The largest absolute Gasteiger partial charge is 0.481 e. The summed E-state index contributed by atoms with van der Waals surface area (Å²) >= 11 is 9.62. The molecule has 0 aliphatic carbocycles. The van der Waals surface area contributed by atoms with Crippen LogP contribution in [0.2, 0.25) is 5.02 Å². The highest BCUT2D eigenvalue weighted by atomic mass is 35.5. The molecule has 2 aliphatic rings. The number of thiazole rings is 1. The van der Waals surface area contributed by atoms with Gasteiger partial charge in [-0.05, 0) is 31.2 Å². The molecule has 2 saturated heterocycles. The molecule has 2 aromatic heterocycles. The van der Waals surface area contributed by atoms with Crippen molar-refractivity contribution in [2.45, 2.75) is 23.5 Å². The van der Waals surface area contributed by atoms with Crippen molar-refractivity contribution in [3.05, 3.63) is 46.4 Å². The monoisotopic (exact) mass is 664 g/mol. The summed E-state index contributed by atoms with van der Waals surface area (Å²) < 4.78 is 1.66. The zero-order chi connectivity index (χ0) is 30.9. The van der Waals surface area contributed by atoms with Crippen LogP contribution in [-0.4, -0.2) is 79.5 Å². The number of oxime groups is 1. The predicted molar refractivity (Wildman–Crippen MR) is 165 cm³/mol. The second-order valence-corrected chi connectivity index (χ2v) is 13.0. The lowest BCUT2D eigenvalue weighted by molar-refractivity contribution is -0.626. The Labute approximate surface area is 263 Å². The number of nitrogens with two attached hydrogens (primary N) is 3. The molecule has 3 atom stereocenters. The fourth-order valence-corrected chi connectivity index (χ4v) is 8.09. The fraction of sp³-hybridized carbons (Fsp3) is 0.320. The number of carbonyl (C=O) groups excluding carboxylic acids is 2. The van der Waals surface area contributed by atoms with Gasteiger partial charge in [0, 0.05) is 28.5 Å². The van der Waals surface area contributed by atoms with E-state index in [1.54, 1.807) is 41.1 Å². The van der Waals surface area contributed by atoms with Crippen LogP contribution in [0.4, 0.5) is 16.8 Å². The topological polar surface area (TPSA) is 216 Å². The molecule has 4 heterocycles. The van der Waals surface area contributed by atoms with Crippen LogP contribution in [0.5, 0.6) is 0 Å². The van der Waals surface area contributed by atoms with Crippen molar-refractivity contribution in [1.29, 1.82) is 0 Å². The minimum atomic E-state index is -1.31. The normalized spacial score (nSPS) is 21.6. The first-order valence-corrected chi connectivity index (χ1v) is 16.1. The maximum Gasteiger partial charge on any atom is 0.313 e. The first-order chi connectivity index (χ1) is 20.5. The van der Waals surface area contributed by atoms with Gasteiger partial charge in [-0.3, -0.25) is 14.4 Å². The molecule has 0 bridgehead atoms. The molecule has 0 spiro atoms. The van der Waals surface area contributed by atoms with Gasteiger partial charge in [0.15, 0.2) is 10.8 Å². The Hall–Kier alpha value is -3.80. The van der Waals surface area contributed by atoms with Gasteiger partial charge in [-0.25, -0.2) is 4.98 Å². The van der Waals surface area contributed by atoms with Crippen molar-refractivity contribution in [1.82, 2.24) is 20.2 Å². The van der Waals surface area contributed by atoms with Gasteiger partial charge in [0.05, 0.1) is 6.07 Å². The molecule has 43 heavy (non-hydrogen) atoms. The Balaban J connectivity index is 1.31. The molecule has 226 valence electrons. The molecule has 5 rings (SSSR count). The van der Waals surface area contributed by atoms with Gasteiger partial charge < -0.3 is 37.4 Å². The molecule has 2 unspecified atom stereocenters. The summed E-state index contributed by atoms with van der Waals surface area (Å²) in [6.07, 6.45) is 0. The van der Waals surface area contributed by atoms with Crippen molar-refractivity contribution in [3.63, 3.8) is 0 Å². The number of halogens is 1. The first-order valence-electron chi connectivity index (χ1n) is 12.8. The highest BCUT2D eigenvalue weighted by molar-refractivity contribution is 8.00. The second kappa shape index (κ2) is 12.4. The molecule has 2 fully saturated rings. The molecule has 14 nitrogen and oxygen atoms in total. The van der Waals surface area contributed by atoms with Crippen molar-refractivity contribution < 1.29 is 28.9 Å². The van der Waals surface area contributed by atoms with Crippen molar-refractivity contribution in [3.8, 4) is 5.69 Å². The number of hydrogen-bond donors (Lipinski definition) is 5. The van der Waals surface area contributed by atoms with Crippen LogP contribution >= 0.6 is 46.5 Å². The van der Waals surface area contributed by atoms with Crippen molar-refractivity contribution in [2.24, 2.45) is 10.6 Å². The molecular formula is C25H27ClN9O5S3+. The molecular weight excluding hydrogens is 638 g/mol. The number of carboxylic acids is 1. The minimum Gasteiger partial charge on any atom is -0.481 e. The van der Waals surface area contributed by atoms with Gasteiger partial charge in [0.25, 0.3) is 5.91 Å². The van der Waals surface area contributed by atoms with Crippen LogP contribution in [0.1, 0.15) is 12.6 Å². The minimum absolute atomic E-state index is 0.0561. The van der Waals surface area contributed by atoms with Crippen molar-refractivity contribution >= 4 is 86.7 Å². The zero-order valence-electron chi connectivity index (χ0n) is 22.6. The Bertz CT molecular complexity index is 1610. The van der Waals surface area contributed by atoms with Crippen LogP contribution in [0.3, 0.4) is 0 Å². The number of rotatable bonds is 10. The Kier molecular flexibility index (Phi) is 8.86. The van der Waals surface area contributed by atoms with Gasteiger partial charge in [-0.15, -0.1) is 23.1 Å². The van der Waals surface area contributed by atoms with Crippen LogP contribution in [0.25, 0.3) is 5.69 Å². The third-order valence-corrected chi connectivity index (χ3v) is 10.4. The van der Waals surface area contributed by atoms with Gasteiger partial charge in [0.2, 0.25) is 17.5 Å². The van der Waals surface area contributed by atoms with Gasteiger partial charge in [-0.1, -0.05) is 33.5 Å². The number of carbonyl (C=O) groups is 3. The van der Waals surface area contributed by atoms with Crippen LogP contribution in [0, 0.1) is 5.41 Å². The zero-order valence-corrected chi connectivity index (χ0v) is 25.8. The highest BCUT2D eigenvalue weighted by Crippen LogP contribution is 2.44. The number of β-lactam (4-membered cyclic amide) rings is 1. The van der Waals surface area contributed by atoms with E-state index in [9.17, 15) is 19.5 Å². The van der Waals surface area contributed by atoms with Gasteiger partial charge in [-0.2, -0.15) is 4.57 Å². The van der Waals surface area contributed by atoms with Crippen LogP contribution in [0.15, 0.2) is 46.0 Å². The van der Waals surface area contributed by atoms with Crippen molar-refractivity contribution in [2.75, 3.05) is 41.9 Å². The Morgan fingerprint density at radius 2 is 2.05 bits per heavy atom. The Morgan fingerprint density at radius 3 is 2.70 bits per heavy atom. The second-order valence-electron chi connectivity index (χ2n) is 9.62. The molecule has 1 aromatic carbocycles. The number of nitrogen functional groups attached to an aromatic ring is 3. The van der Waals surface area contributed by atoms with E-state index in [4.69, 9.17) is 33.6 Å². The summed E-state index contributed by atoms with van der Waals surface area (Å²) in [4.78, 5) is 53.9. The summed E-state index contributed by atoms with van der Waals surface area (Å²) in [7, 11) is 0. The highest BCUT2D eigenvalue weighted by Gasteiger charge is 2.57. The first kappa shape index (κ1) is 30.7. The number of nitrogens with zero attached hydrogens (tertiary/aromatic N) is 5. The lowest BCUT2D eigenvalue weighted by Crippen LogP contribution is -2.74. The van der Waals surface area contributed by atoms with E-state index in [-0.39, 0.29) is 47.0 Å². The van der Waals surface area contributed by atoms with E-state index in [2.05, 4.69) is 20.4 Å². The lowest BCUT2D eigenvalue weighted by Gasteiger charge is -2.53. The summed E-state index contributed by atoms with van der Waals surface area (Å²) in [6, 6.07) is 7.56. The molecule has 3 aromatic rings. The number of fused-ring (bicyclic) bond motifs is 1. The summed E-state index contributed by atoms with van der Waals surface area (Å²) in [5, 5.41) is 19.2. The summed E-state index contributed by atoms with van der Waals surface area (Å²) in [5.41, 5.74) is 17.4. The smallest absolute Gasteiger partial charge is 0.313 e. The number of anilines is 3. The number of amides is 2.